The summed E-state index contributed by atoms with van der Waals surface area (Å²) in [5.41, 5.74) is 1.65. The Morgan fingerprint density at radius 1 is 1.18 bits per heavy atom. The number of hydrogen-bond acceptors (Lipinski definition) is 4. The molecule has 2 aromatic rings. The van der Waals surface area contributed by atoms with Gasteiger partial charge in [0.05, 0.1) is 12.1 Å². The van der Waals surface area contributed by atoms with Crippen molar-refractivity contribution in [3.63, 3.8) is 0 Å². The van der Waals surface area contributed by atoms with Crippen LogP contribution in [0.25, 0.3) is 0 Å². The SMILES string of the molecule is Cc1nc(NC(=O)CN(C(=O)Cc2ccc(F)cc2)C2CCCCC2)sc1C. The lowest BCUT2D eigenvalue weighted by Gasteiger charge is -2.34. The highest BCUT2D eigenvalue weighted by Gasteiger charge is 2.27. The van der Waals surface area contributed by atoms with Crippen LogP contribution in [0.2, 0.25) is 0 Å². The topological polar surface area (TPSA) is 62.3 Å². The van der Waals surface area contributed by atoms with Gasteiger partial charge >= 0.3 is 0 Å². The fraction of sp³-hybridized carbons (Fsp3) is 0.476. The number of rotatable bonds is 6. The molecule has 2 amide bonds. The van der Waals surface area contributed by atoms with Crippen molar-refractivity contribution in [3.05, 3.63) is 46.2 Å². The second-order valence-electron chi connectivity index (χ2n) is 7.33. The molecule has 1 aliphatic rings. The quantitative estimate of drug-likeness (QED) is 0.785. The van der Waals surface area contributed by atoms with Gasteiger partial charge in [-0.1, -0.05) is 31.4 Å². The van der Waals surface area contributed by atoms with E-state index >= 15 is 0 Å². The molecule has 1 aromatic carbocycles. The number of nitrogens with zero attached hydrogens (tertiary/aromatic N) is 2. The average molecular weight is 404 g/mol. The zero-order valence-electron chi connectivity index (χ0n) is 16.3. The van der Waals surface area contributed by atoms with E-state index in [-0.39, 0.29) is 36.6 Å². The summed E-state index contributed by atoms with van der Waals surface area (Å²) in [6, 6.07) is 6.02. The van der Waals surface area contributed by atoms with Crippen LogP contribution < -0.4 is 5.32 Å². The first-order valence-corrected chi connectivity index (χ1v) is 10.5. The maximum absolute atomic E-state index is 13.1. The minimum absolute atomic E-state index is 0.0162. The van der Waals surface area contributed by atoms with E-state index in [4.69, 9.17) is 0 Å². The molecule has 0 bridgehead atoms. The fourth-order valence-electron chi connectivity index (χ4n) is 3.53. The molecular weight excluding hydrogens is 377 g/mol. The van der Waals surface area contributed by atoms with Crippen LogP contribution in [0.5, 0.6) is 0 Å². The molecule has 0 atom stereocenters. The zero-order valence-corrected chi connectivity index (χ0v) is 17.2. The van der Waals surface area contributed by atoms with Crippen LogP contribution in [-0.4, -0.2) is 34.3 Å². The number of carbonyl (C=O) groups is 2. The van der Waals surface area contributed by atoms with Gasteiger partial charge in [-0.05, 0) is 44.4 Å². The second-order valence-corrected chi connectivity index (χ2v) is 8.53. The number of anilines is 1. The Kier molecular flexibility index (Phi) is 6.78. The Balaban J connectivity index is 1.69. The molecule has 28 heavy (non-hydrogen) atoms. The molecule has 1 fully saturated rings. The van der Waals surface area contributed by atoms with Crippen LogP contribution in [0, 0.1) is 19.7 Å². The molecule has 3 rings (SSSR count). The third kappa shape index (κ3) is 5.38. The van der Waals surface area contributed by atoms with Crippen LogP contribution in [0.4, 0.5) is 9.52 Å². The van der Waals surface area contributed by atoms with Crippen molar-refractivity contribution in [2.75, 3.05) is 11.9 Å². The van der Waals surface area contributed by atoms with Gasteiger partial charge in [0, 0.05) is 10.9 Å². The van der Waals surface area contributed by atoms with Crippen molar-refractivity contribution in [1.29, 1.82) is 0 Å². The Hall–Kier alpha value is -2.28. The largest absolute Gasteiger partial charge is 0.330 e. The first kappa shape index (κ1) is 20.5. The molecular formula is C21H26FN3O2S. The third-order valence-corrected chi connectivity index (χ3v) is 6.18. The van der Waals surface area contributed by atoms with Crippen molar-refractivity contribution in [1.82, 2.24) is 9.88 Å². The number of halogens is 1. The normalized spacial score (nSPS) is 14.7. The van der Waals surface area contributed by atoms with Gasteiger partial charge < -0.3 is 10.2 Å². The van der Waals surface area contributed by atoms with E-state index in [0.717, 1.165) is 41.8 Å². The van der Waals surface area contributed by atoms with Crippen molar-refractivity contribution < 1.29 is 14.0 Å². The molecule has 1 aliphatic carbocycles. The molecule has 1 N–H and O–H groups in total. The summed E-state index contributed by atoms with van der Waals surface area (Å²) in [4.78, 5) is 32.7. The van der Waals surface area contributed by atoms with Crippen molar-refractivity contribution >= 4 is 28.3 Å². The minimum Gasteiger partial charge on any atom is -0.330 e. The highest BCUT2D eigenvalue weighted by atomic mass is 32.1. The van der Waals surface area contributed by atoms with Crippen LogP contribution >= 0.6 is 11.3 Å². The summed E-state index contributed by atoms with van der Waals surface area (Å²) in [5.74, 6) is -0.652. The monoisotopic (exact) mass is 403 g/mol. The summed E-state index contributed by atoms with van der Waals surface area (Å²) in [7, 11) is 0. The number of thiazole rings is 1. The summed E-state index contributed by atoms with van der Waals surface area (Å²) in [6.07, 6.45) is 5.30. The van der Waals surface area contributed by atoms with E-state index in [1.165, 1.54) is 29.9 Å². The van der Waals surface area contributed by atoms with Gasteiger partial charge in [0.25, 0.3) is 0 Å². The molecule has 150 valence electrons. The third-order valence-electron chi connectivity index (χ3n) is 5.19. The molecule has 0 saturated heterocycles. The van der Waals surface area contributed by atoms with Crippen molar-refractivity contribution in [2.45, 2.75) is 58.4 Å². The lowest BCUT2D eigenvalue weighted by atomic mass is 9.93. The smallest absolute Gasteiger partial charge is 0.245 e. The molecule has 7 heteroatoms. The number of carbonyl (C=O) groups excluding carboxylic acids is 2. The Bertz CT molecular complexity index is 809. The van der Waals surface area contributed by atoms with E-state index in [0.29, 0.717) is 5.13 Å². The van der Waals surface area contributed by atoms with E-state index in [2.05, 4.69) is 10.3 Å². The minimum atomic E-state index is -0.325. The molecule has 1 saturated carbocycles. The molecule has 0 radical (unpaired) electrons. The van der Waals surface area contributed by atoms with Crippen LogP contribution in [-0.2, 0) is 16.0 Å². The molecule has 1 aromatic heterocycles. The van der Waals surface area contributed by atoms with Gasteiger partial charge in [-0.3, -0.25) is 9.59 Å². The number of hydrogen-bond donors (Lipinski definition) is 1. The lowest BCUT2D eigenvalue weighted by molar-refractivity contribution is -0.137. The van der Waals surface area contributed by atoms with Gasteiger partial charge in [-0.15, -0.1) is 11.3 Å². The summed E-state index contributed by atoms with van der Waals surface area (Å²) < 4.78 is 13.1. The highest BCUT2D eigenvalue weighted by molar-refractivity contribution is 7.15. The number of benzene rings is 1. The number of aryl methyl sites for hydroxylation is 2. The van der Waals surface area contributed by atoms with Gasteiger partial charge in [-0.25, -0.2) is 9.37 Å². The van der Waals surface area contributed by atoms with Gasteiger partial charge in [0.15, 0.2) is 5.13 Å². The summed E-state index contributed by atoms with van der Waals surface area (Å²) in [6.45, 7) is 3.88. The van der Waals surface area contributed by atoms with Gasteiger partial charge in [0.1, 0.15) is 12.4 Å². The maximum Gasteiger partial charge on any atom is 0.245 e. The molecule has 0 aliphatic heterocycles. The van der Waals surface area contributed by atoms with Gasteiger partial charge in [0.2, 0.25) is 11.8 Å². The van der Waals surface area contributed by atoms with Crippen molar-refractivity contribution in [3.8, 4) is 0 Å². The Labute approximate surface area is 169 Å². The van der Waals surface area contributed by atoms with Crippen LogP contribution in [0.3, 0.4) is 0 Å². The van der Waals surface area contributed by atoms with Crippen molar-refractivity contribution in [2.24, 2.45) is 0 Å². The van der Waals surface area contributed by atoms with E-state index in [9.17, 15) is 14.0 Å². The lowest BCUT2D eigenvalue weighted by Crippen LogP contribution is -2.46. The number of amides is 2. The Morgan fingerprint density at radius 2 is 1.86 bits per heavy atom. The number of aromatic nitrogens is 1. The first-order valence-electron chi connectivity index (χ1n) is 9.70. The molecule has 0 spiro atoms. The van der Waals surface area contributed by atoms with E-state index in [1.807, 2.05) is 13.8 Å². The van der Waals surface area contributed by atoms with Crippen LogP contribution in [0.1, 0.15) is 48.2 Å². The standard InChI is InChI=1S/C21H26FN3O2S/c1-14-15(2)28-21(23-14)24-19(26)13-25(18-6-4-3-5-7-18)20(27)12-16-8-10-17(22)11-9-16/h8-11,18H,3-7,12-13H2,1-2H3,(H,23,24,26). The summed E-state index contributed by atoms with van der Waals surface area (Å²) >= 11 is 1.44. The zero-order chi connectivity index (χ0) is 20.1. The maximum atomic E-state index is 13.1. The summed E-state index contributed by atoms with van der Waals surface area (Å²) in [5, 5.41) is 3.39. The fourth-order valence-corrected chi connectivity index (χ4v) is 4.36. The molecule has 0 unspecified atom stereocenters. The van der Waals surface area contributed by atoms with E-state index < -0.39 is 0 Å². The molecule has 5 nitrogen and oxygen atoms in total. The Morgan fingerprint density at radius 3 is 2.46 bits per heavy atom. The van der Waals surface area contributed by atoms with Crippen LogP contribution in [0.15, 0.2) is 24.3 Å². The predicted molar refractivity (Wildman–Crippen MR) is 109 cm³/mol. The average Bonchev–Trinajstić information content (AvgIpc) is 2.99. The first-order chi connectivity index (χ1) is 13.4. The van der Waals surface area contributed by atoms with Gasteiger partial charge in [-0.2, -0.15) is 0 Å². The highest BCUT2D eigenvalue weighted by Crippen LogP contribution is 2.24. The second kappa shape index (κ2) is 9.28. The van der Waals surface area contributed by atoms with E-state index in [1.54, 1.807) is 17.0 Å². The number of nitrogens with one attached hydrogen (secondary N) is 1. The molecule has 1 heterocycles. The predicted octanol–water partition coefficient (Wildman–Crippen LogP) is 4.24.